The number of aliphatic carboxylic acids is 1. The highest BCUT2D eigenvalue weighted by Gasteiger charge is 2.36. The third-order valence-corrected chi connectivity index (χ3v) is 3.89. The highest BCUT2D eigenvalue weighted by atomic mass is 35.5. The van der Waals surface area contributed by atoms with Gasteiger partial charge in [0.1, 0.15) is 5.82 Å². The first kappa shape index (κ1) is 15.5. The number of carbonyl (C=O) groups is 2. The molecule has 0 saturated carbocycles. The monoisotopic (exact) mass is 311 g/mol. The van der Waals surface area contributed by atoms with Gasteiger partial charge in [-0.2, -0.15) is 0 Å². The minimum Gasteiger partial charge on any atom is -0.481 e. The van der Waals surface area contributed by atoms with Gasteiger partial charge in [0.15, 0.2) is 0 Å². The van der Waals surface area contributed by atoms with E-state index in [9.17, 15) is 14.0 Å². The number of amides is 1. The van der Waals surface area contributed by atoms with Gasteiger partial charge in [0.05, 0.1) is 10.9 Å². The fourth-order valence-corrected chi connectivity index (χ4v) is 2.55. The van der Waals surface area contributed by atoms with Crippen molar-refractivity contribution in [3.63, 3.8) is 0 Å². The Hall–Kier alpha value is -1.88. The zero-order valence-electron chi connectivity index (χ0n) is 11.4. The van der Waals surface area contributed by atoms with Crippen LogP contribution in [-0.4, -0.2) is 35.0 Å². The van der Waals surface area contributed by atoms with Crippen LogP contribution < -0.4 is 0 Å². The molecule has 2 rings (SSSR count). The smallest absolute Gasteiger partial charge is 0.308 e. The number of hydrogen-bond donors (Lipinski definition) is 1. The van der Waals surface area contributed by atoms with Crippen molar-refractivity contribution in [1.29, 1.82) is 0 Å². The zero-order valence-corrected chi connectivity index (χ0v) is 12.2. The topological polar surface area (TPSA) is 57.6 Å². The second-order valence-electron chi connectivity index (χ2n) is 5.17. The summed E-state index contributed by atoms with van der Waals surface area (Å²) in [7, 11) is 0. The average molecular weight is 312 g/mol. The summed E-state index contributed by atoms with van der Waals surface area (Å²) in [6.07, 6.45) is 2.88. The number of rotatable bonds is 3. The Balaban J connectivity index is 2.03. The minimum atomic E-state index is -0.882. The van der Waals surface area contributed by atoms with E-state index in [1.54, 1.807) is 0 Å². The number of likely N-dealkylation sites (tertiary alicyclic amines) is 1. The van der Waals surface area contributed by atoms with Crippen LogP contribution >= 0.6 is 11.6 Å². The van der Waals surface area contributed by atoms with Crippen molar-refractivity contribution in [3.05, 3.63) is 40.7 Å². The Morgan fingerprint density at radius 2 is 2.14 bits per heavy atom. The summed E-state index contributed by atoms with van der Waals surface area (Å²) < 4.78 is 13.0. The van der Waals surface area contributed by atoms with E-state index in [-0.39, 0.29) is 23.4 Å². The summed E-state index contributed by atoms with van der Waals surface area (Å²) in [5.74, 6) is -2.25. The summed E-state index contributed by atoms with van der Waals surface area (Å²) in [6, 6.07) is 4.16. The largest absolute Gasteiger partial charge is 0.481 e. The lowest BCUT2D eigenvalue weighted by Gasteiger charge is -2.12. The van der Waals surface area contributed by atoms with Crippen molar-refractivity contribution in [3.8, 4) is 0 Å². The van der Waals surface area contributed by atoms with Crippen LogP contribution in [0, 0.1) is 17.7 Å². The average Bonchev–Trinajstić information content (AvgIpc) is 2.82. The van der Waals surface area contributed by atoms with Crippen LogP contribution in [0.2, 0.25) is 5.02 Å². The van der Waals surface area contributed by atoms with Gasteiger partial charge in [-0.3, -0.25) is 9.59 Å². The molecule has 1 aromatic rings. The maximum atomic E-state index is 13.0. The highest BCUT2D eigenvalue weighted by molar-refractivity contribution is 6.30. The number of carbonyl (C=O) groups excluding carboxylic acids is 1. The molecule has 1 aliphatic heterocycles. The molecule has 0 spiro atoms. The Bertz CT molecular complexity index is 603. The van der Waals surface area contributed by atoms with Crippen molar-refractivity contribution >= 4 is 29.6 Å². The molecular formula is C15H15ClFNO3. The number of halogens is 2. The van der Waals surface area contributed by atoms with E-state index in [4.69, 9.17) is 16.7 Å². The molecule has 1 amide bonds. The number of hydrogen-bond acceptors (Lipinski definition) is 2. The molecule has 4 nitrogen and oxygen atoms in total. The van der Waals surface area contributed by atoms with Crippen LogP contribution in [0.5, 0.6) is 0 Å². The third kappa shape index (κ3) is 3.61. The molecule has 0 radical (unpaired) electrons. The van der Waals surface area contributed by atoms with Crippen molar-refractivity contribution in [2.45, 2.75) is 6.92 Å². The van der Waals surface area contributed by atoms with E-state index in [0.717, 1.165) is 0 Å². The first-order valence-electron chi connectivity index (χ1n) is 6.53. The van der Waals surface area contributed by atoms with Gasteiger partial charge in [0.25, 0.3) is 0 Å². The van der Waals surface area contributed by atoms with Crippen molar-refractivity contribution in [2.24, 2.45) is 11.8 Å². The van der Waals surface area contributed by atoms with E-state index < -0.39 is 17.7 Å². The van der Waals surface area contributed by atoms with E-state index in [1.807, 2.05) is 6.92 Å². The minimum absolute atomic E-state index is 0.00895. The molecule has 0 bridgehead atoms. The molecule has 2 unspecified atom stereocenters. The molecule has 1 aromatic carbocycles. The van der Waals surface area contributed by atoms with Crippen molar-refractivity contribution < 1.29 is 19.1 Å². The van der Waals surface area contributed by atoms with Crippen LogP contribution in [0.4, 0.5) is 4.39 Å². The Morgan fingerprint density at radius 1 is 1.43 bits per heavy atom. The van der Waals surface area contributed by atoms with Gasteiger partial charge in [0, 0.05) is 19.2 Å². The molecule has 0 aliphatic carbocycles. The summed E-state index contributed by atoms with van der Waals surface area (Å²) in [4.78, 5) is 24.6. The lowest BCUT2D eigenvalue weighted by molar-refractivity contribution is -0.142. The van der Waals surface area contributed by atoms with Crippen molar-refractivity contribution in [2.75, 3.05) is 13.1 Å². The van der Waals surface area contributed by atoms with E-state index in [1.165, 1.54) is 35.3 Å². The Kier molecular flexibility index (Phi) is 4.63. The third-order valence-electron chi connectivity index (χ3n) is 3.60. The molecule has 112 valence electrons. The molecule has 1 heterocycles. The van der Waals surface area contributed by atoms with Crippen LogP contribution in [-0.2, 0) is 9.59 Å². The second kappa shape index (κ2) is 6.26. The first-order chi connectivity index (χ1) is 9.88. The van der Waals surface area contributed by atoms with E-state index in [0.29, 0.717) is 12.1 Å². The van der Waals surface area contributed by atoms with E-state index in [2.05, 4.69) is 0 Å². The number of benzene rings is 1. The van der Waals surface area contributed by atoms with Gasteiger partial charge in [-0.05, 0) is 29.7 Å². The van der Waals surface area contributed by atoms with Crippen LogP contribution in [0.25, 0.3) is 6.08 Å². The van der Waals surface area contributed by atoms with Gasteiger partial charge < -0.3 is 10.0 Å². The lowest BCUT2D eigenvalue weighted by Crippen LogP contribution is -2.28. The maximum absolute atomic E-state index is 13.0. The van der Waals surface area contributed by atoms with Crippen LogP contribution in [0.15, 0.2) is 24.3 Å². The number of carboxylic acid groups (broad SMARTS) is 1. The predicted octanol–water partition coefficient (Wildman–Crippen LogP) is 2.67. The summed E-state index contributed by atoms with van der Waals surface area (Å²) in [5.41, 5.74) is 0.608. The molecule has 0 aromatic heterocycles. The van der Waals surface area contributed by atoms with Gasteiger partial charge >= 0.3 is 5.97 Å². The zero-order chi connectivity index (χ0) is 15.6. The normalized spacial score (nSPS) is 22.0. The summed E-state index contributed by atoms with van der Waals surface area (Å²) in [5, 5.41) is 9.03. The van der Waals surface area contributed by atoms with E-state index >= 15 is 0 Å². The Morgan fingerprint density at radius 3 is 2.71 bits per heavy atom. The summed E-state index contributed by atoms with van der Waals surface area (Å²) >= 11 is 5.66. The quantitative estimate of drug-likeness (QED) is 0.873. The molecule has 1 N–H and O–H groups in total. The lowest BCUT2D eigenvalue weighted by atomic mass is 9.99. The SMILES string of the molecule is CC1CN(C(=O)C=Cc2ccc(F)c(Cl)c2)CC1C(=O)O. The second-order valence-corrected chi connectivity index (χ2v) is 5.58. The summed E-state index contributed by atoms with van der Waals surface area (Å²) in [6.45, 7) is 2.45. The van der Waals surface area contributed by atoms with Gasteiger partial charge in [-0.1, -0.05) is 24.6 Å². The predicted molar refractivity (Wildman–Crippen MR) is 77.3 cm³/mol. The molecule has 1 fully saturated rings. The molecule has 21 heavy (non-hydrogen) atoms. The van der Waals surface area contributed by atoms with Gasteiger partial charge in [-0.15, -0.1) is 0 Å². The first-order valence-corrected chi connectivity index (χ1v) is 6.91. The standard InChI is InChI=1S/C15H15ClFNO3/c1-9-7-18(8-11(9)15(20)21)14(19)5-3-10-2-4-13(17)12(16)6-10/h2-6,9,11H,7-8H2,1H3,(H,20,21). The molecule has 2 atom stereocenters. The number of nitrogens with zero attached hydrogens (tertiary/aromatic N) is 1. The molecule has 1 saturated heterocycles. The van der Waals surface area contributed by atoms with Crippen LogP contribution in [0.1, 0.15) is 12.5 Å². The maximum Gasteiger partial charge on any atom is 0.308 e. The van der Waals surface area contributed by atoms with Crippen molar-refractivity contribution in [1.82, 2.24) is 4.90 Å². The highest BCUT2D eigenvalue weighted by Crippen LogP contribution is 2.23. The van der Waals surface area contributed by atoms with Gasteiger partial charge in [0.2, 0.25) is 5.91 Å². The van der Waals surface area contributed by atoms with Gasteiger partial charge in [-0.25, -0.2) is 4.39 Å². The molecule has 6 heteroatoms. The fourth-order valence-electron chi connectivity index (χ4n) is 2.36. The Labute approximate surface area is 126 Å². The molecule has 1 aliphatic rings. The molecular weight excluding hydrogens is 297 g/mol. The van der Waals surface area contributed by atoms with Crippen LogP contribution in [0.3, 0.4) is 0 Å². The number of carboxylic acids is 1. The fraction of sp³-hybridized carbons (Fsp3) is 0.333.